The van der Waals surface area contributed by atoms with Crippen LogP contribution in [0.4, 0.5) is 5.69 Å². The summed E-state index contributed by atoms with van der Waals surface area (Å²) < 4.78 is 0. The first kappa shape index (κ1) is 12.9. The van der Waals surface area contributed by atoms with Crippen molar-refractivity contribution in [1.82, 2.24) is 10.2 Å². The van der Waals surface area contributed by atoms with Gasteiger partial charge in [0.05, 0.1) is 0 Å². The molecule has 1 aromatic carbocycles. The summed E-state index contributed by atoms with van der Waals surface area (Å²) in [6.45, 7) is 3.51. The van der Waals surface area contributed by atoms with Crippen LogP contribution in [0, 0.1) is 6.92 Å². The summed E-state index contributed by atoms with van der Waals surface area (Å²) in [5.74, 6) is -0.0257. The number of anilines is 1. The lowest BCUT2D eigenvalue weighted by molar-refractivity contribution is 0.0949. The van der Waals surface area contributed by atoms with Crippen LogP contribution in [-0.2, 0) is 0 Å². The Labute approximate surface area is 108 Å². The largest absolute Gasteiger partial charge is 0.399 e. The lowest BCUT2D eigenvalue weighted by atomic mass is 10.1. The van der Waals surface area contributed by atoms with Gasteiger partial charge in [-0.2, -0.15) is 0 Å². The van der Waals surface area contributed by atoms with E-state index in [1.807, 2.05) is 13.0 Å². The number of rotatable bonds is 5. The number of nitrogen functional groups attached to an aromatic ring is 1. The Bertz CT molecular complexity index is 441. The standard InChI is InChI=1S/C14H21N3O/c1-10-9-11(3-6-13(10)15)14(18)16-7-8-17(2)12-4-5-12/h3,6,9,12H,4-5,7-8,15H2,1-2H3,(H,16,18). The van der Waals surface area contributed by atoms with Gasteiger partial charge < -0.3 is 16.0 Å². The molecule has 98 valence electrons. The maximum absolute atomic E-state index is 11.9. The maximum atomic E-state index is 11.9. The molecule has 0 unspecified atom stereocenters. The van der Waals surface area contributed by atoms with Crippen LogP contribution in [0.3, 0.4) is 0 Å². The van der Waals surface area contributed by atoms with E-state index in [2.05, 4.69) is 17.3 Å². The summed E-state index contributed by atoms with van der Waals surface area (Å²) in [5, 5.41) is 2.94. The third-order valence-electron chi connectivity index (χ3n) is 3.45. The fraction of sp³-hybridized carbons (Fsp3) is 0.500. The predicted octanol–water partition coefficient (Wildman–Crippen LogP) is 1.40. The summed E-state index contributed by atoms with van der Waals surface area (Å²) >= 11 is 0. The number of amides is 1. The molecule has 0 saturated heterocycles. The Morgan fingerprint density at radius 3 is 2.83 bits per heavy atom. The number of hydrogen-bond donors (Lipinski definition) is 2. The van der Waals surface area contributed by atoms with Gasteiger partial charge in [-0.1, -0.05) is 0 Å². The fourth-order valence-electron chi connectivity index (χ4n) is 1.96. The van der Waals surface area contributed by atoms with Crippen molar-refractivity contribution in [2.75, 3.05) is 25.9 Å². The minimum absolute atomic E-state index is 0.0257. The van der Waals surface area contributed by atoms with Crippen molar-refractivity contribution in [3.05, 3.63) is 29.3 Å². The average Bonchev–Trinajstić information content (AvgIpc) is 3.16. The van der Waals surface area contributed by atoms with Gasteiger partial charge in [0.15, 0.2) is 0 Å². The number of carbonyl (C=O) groups is 1. The molecule has 1 aliphatic carbocycles. The minimum Gasteiger partial charge on any atom is -0.399 e. The van der Waals surface area contributed by atoms with Crippen molar-refractivity contribution < 1.29 is 4.79 Å². The lowest BCUT2D eigenvalue weighted by Gasteiger charge is -2.15. The van der Waals surface area contributed by atoms with E-state index >= 15 is 0 Å². The summed E-state index contributed by atoms with van der Waals surface area (Å²) in [4.78, 5) is 14.2. The van der Waals surface area contributed by atoms with Gasteiger partial charge >= 0.3 is 0 Å². The molecule has 4 heteroatoms. The topological polar surface area (TPSA) is 58.4 Å². The molecule has 2 rings (SSSR count). The molecular formula is C14H21N3O. The lowest BCUT2D eigenvalue weighted by Crippen LogP contribution is -2.34. The number of hydrogen-bond acceptors (Lipinski definition) is 3. The maximum Gasteiger partial charge on any atom is 0.251 e. The van der Waals surface area contributed by atoms with Crippen molar-refractivity contribution in [2.45, 2.75) is 25.8 Å². The first-order valence-corrected chi connectivity index (χ1v) is 6.42. The predicted molar refractivity (Wildman–Crippen MR) is 73.6 cm³/mol. The van der Waals surface area contributed by atoms with Gasteiger partial charge in [0.2, 0.25) is 0 Å². The van der Waals surface area contributed by atoms with Crippen molar-refractivity contribution in [2.24, 2.45) is 0 Å². The van der Waals surface area contributed by atoms with Gasteiger partial charge in [-0.25, -0.2) is 0 Å². The van der Waals surface area contributed by atoms with Gasteiger partial charge in [-0.15, -0.1) is 0 Å². The first-order chi connectivity index (χ1) is 8.58. The molecule has 1 aromatic rings. The molecule has 18 heavy (non-hydrogen) atoms. The smallest absolute Gasteiger partial charge is 0.251 e. The highest BCUT2D eigenvalue weighted by Gasteiger charge is 2.25. The zero-order valence-electron chi connectivity index (χ0n) is 11.1. The monoisotopic (exact) mass is 247 g/mol. The van der Waals surface area contributed by atoms with Crippen LogP contribution in [-0.4, -0.2) is 37.0 Å². The second kappa shape index (κ2) is 5.40. The number of nitrogens with two attached hydrogens (primary N) is 1. The van der Waals surface area contributed by atoms with E-state index in [-0.39, 0.29) is 5.91 Å². The first-order valence-electron chi connectivity index (χ1n) is 6.42. The molecule has 0 aromatic heterocycles. The van der Waals surface area contributed by atoms with E-state index in [9.17, 15) is 4.79 Å². The SMILES string of the molecule is Cc1cc(C(=O)NCCN(C)C2CC2)ccc1N. The molecule has 1 aliphatic rings. The third-order valence-corrected chi connectivity index (χ3v) is 3.45. The highest BCUT2D eigenvalue weighted by atomic mass is 16.1. The molecule has 1 fully saturated rings. The number of likely N-dealkylation sites (N-methyl/N-ethyl adjacent to an activating group) is 1. The molecule has 0 spiro atoms. The van der Waals surface area contributed by atoms with Crippen molar-refractivity contribution in [3.63, 3.8) is 0 Å². The fourth-order valence-corrected chi connectivity index (χ4v) is 1.96. The van der Waals surface area contributed by atoms with Gasteiger partial charge in [0.1, 0.15) is 0 Å². The van der Waals surface area contributed by atoms with Crippen LogP contribution in [0.25, 0.3) is 0 Å². The van der Waals surface area contributed by atoms with Crippen molar-refractivity contribution in [1.29, 1.82) is 0 Å². The highest BCUT2D eigenvalue weighted by Crippen LogP contribution is 2.24. The molecule has 0 radical (unpaired) electrons. The zero-order chi connectivity index (χ0) is 13.1. The quantitative estimate of drug-likeness (QED) is 0.773. The molecule has 4 nitrogen and oxygen atoms in total. The van der Waals surface area contributed by atoms with E-state index in [4.69, 9.17) is 5.73 Å². The van der Waals surface area contributed by atoms with Crippen LogP contribution in [0.1, 0.15) is 28.8 Å². The second-order valence-electron chi connectivity index (χ2n) is 5.04. The Morgan fingerprint density at radius 2 is 2.22 bits per heavy atom. The Balaban J connectivity index is 1.81. The summed E-state index contributed by atoms with van der Waals surface area (Å²) in [7, 11) is 2.11. The Hall–Kier alpha value is -1.55. The number of benzene rings is 1. The normalized spacial score (nSPS) is 14.8. The minimum atomic E-state index is -0.0257. The molecule has 0 aliphatic heterocycles. The van der Waals surface area contributed by atoms with Crippen LogP contribution >= 0.6 is 0 Å². The Kier molecular flexibility index (Phi) is 3.87. The number of aryl methyl sites for hydroxylation is 1. The molecule has 0 atom stereocenters. The van der Waals surface area contributed by atoms with Gasteiger partial charge in [0.25, 0.3) is 5.91 Å². The van der Waals surface area contributed by atoms with E-state index in [1.165, 1.54) is 12.8 Å². The van der Waals surface area contributed by atoms with E-state index in [1.54, 1.807) is 12.1 Å². The van der Waals surface area contributed by atoms with Crippen LogP contribution < -0.4 is 11.1 Å². The Morgan fingerprint density at radius 1 is 1.50 bits per heavy atom. The van der Waals surface area contributed by atoms with Crippen LogP contribution in [0.15, 0.2) is 18.2 Å². The summed E-state index contributed by atoms with van der Waals surface area (Å²) in [5.41, 5.74) is 8.07. The molecule has 3 N–H and O–H groups in total. The van der Waals surface area contributed by atoms with Crippen LogP contribution in [0.2, 0.25) is 0 Å². The van der Waals surface area contributed by atoms with E-state index in [0.29, 0.717) is 12.1 Å². The summed E-state index contributed by atoms with van der Waals surface area (Å²) in [6.07, 6.45) is 2.59. The number of nitrogens with zero attached hydrogens (tertiary/aromatic N) is 1. The van der Waals surface area contributed by atoms with Crippen LogP contribution in [0.5, 0.6) is 0 Å². The third kappa shape index (κ3) is 3.23. The zero-order valence-corrected chi connectivity index (χ0v) is 11.1. The van der Waals surface area contributed by atoms with Gasteiger partial charge in [-0.05, 0) is 50.6 Å². The molecule has 0 heterocycles. The number of carbonyl (C=O) groups excluding carboxylic acids is 1. The molecule has 1 saturated carbocycles. The van der Waals surface area contributed by atoms with Crippen molar-refractivity contribution in [3.8, 4) is 0 Å². The average molecular weight is 247 g/mol. The molecular weight excluding hydrogens is 226 g/mol. The number of nitrogens with one attached hydrogen (secondary N) is 1. The summed E-state index contributed by atoms with van der Waals surface area (Å²) in [6, 6.07) is 6.11. The van der Waals surface area contributed by atoms with E-state index in [0.717, 1.165) is 23.8 Å². The highest BCUT2D eigenvalue weighted by molar-refractivity contribution is 5.94. The molecule has 1 amide bonds. The molecule has 0 bridgehead atoms. The van der Waals surface area contributed by atoms with Gasteiger partial charge in [0, 0.05) is 30.4 Å². The van der Waals surface area contributed by atoms with Crippen molar-refractivity contribution >= 4 is 11.6 Å². The second-order valence-corrected chi connectivity index (χ2v) is 5.04. The van der Waals surface area contributed by atoms with E-state index < -0.39 is 0 Å². The van der Waals surface area contributed by atoms with Gasteiger partial charge in [-0.3, -0.25) is 4.79 Å².